The van der Waals surface area contributed by atoms with Gasteiger partial charge in [0.05, 0.1) is 17.7 Å². The number of para-hydroxylation sites is 1. The second-order valence-electron chi connectivity index (χ2n) is 12.7. The molecule has 0 aliphatic carbocycles. The summed E-state index contributed by atoms with van der Waals surface area (Å²) in [6.45, 7) is 12.7. The van der Waals surface area contributed by atoms with Gasteiger partial charge in [-0.05, 0) is 59.2 Å². The summed E-state index contributed by atoms with van der Waals surface area (Å²) in [5.74, 6) is 6.11. The average molecular weight is 565 g/mol. The minimum atomic E-state index is -2.06. The van der Waals surface area contributed by atoms with Gasteiger partial charge in [-0.25, -0.2) is 4.79 Å². The lowest BCUT2D eigenvalue weighted by Crippen LogP contribution is -2.46. The molecule has 1 atom stereocenters. The molecule has 216 valence electrons. The van der Waals surface area contributed by atoms with Crippen LogP contribution in [0, 0.1) is 18.8 Å². The maximum absolute atomic E-state index is 13.9. The van der Waals surface area contributed by atoms with Gasteiger partial charge in [0.2, 0.25) is 5.60 Å². The van der Waals surface area contributed by atoms with Gasteiger partial charge in [-0.15, -0.1) is 0 Å². The third-order valence-electron chi connectivity index (χ3n) is 7.83. The Hall–Kier alpha value is -4.41. The number of rotatable bonds is 5. The standard InChI is InChI=1S/C35H36N2O5/c1-22-28-20-26(14-15-27(28)31(38)42-37-22)36-32(39)35(40,18-16-23-10-12-25(13-11-23)33(2,3)4)21-34(5,6)29-9-7-8-24-17-19-41-30(24)29/h7-15,20,40H,17,19,21H2,1-6H3,(H,36,39). The Bertz CT molecular complexity index is 1790. The summed E-state index contributed by atoms with van der Waals surface area (Å²) in [7, 11) is 0. The molecule has 0 radical (unpaired) electrons. The highest BCUT2D eigenvalue weighted by atomic mass is 16.5. The van der Waals surface area contributed by atoms with Crippen LogP contribution in [0.5, 0.6) is 5.75 Å². The lowest BCUT2D eigenvalue weighted by Gasteiger charge is -2.33. The number of amides is 1. The summed E-state index contributed by atoms with van der Waals surface area (Å²) < 4.78 is 10.8. The molecule has 3 aromatic carbocycles. The van der Waals surface area contributed by atoms with Crippen molar-refractivity contribution in [1.82, 2.24) is 5.16 Å². The molecule has 2 heterocycles. The molecule has 1 aliphatic rings. The number of aryl methyl sites for hydroxylation is 1. The fourth-order valence-corrected chi connectivity index (χ4v) is 5.44. The zero-order chi connectivity index (χ0) is 30.3. The number of aromatic nitrogens is 1. The Balaban J connectivity index is 1.52. The first-order valence-electron chi connectivity index (χ1n) is 14.1. The summed E-state index contributed by atoms with van der Waals surface area (Å²) in [6, 6.07) is 18.6. The quantitative estimate of drug-likeness (QED) is 0.296. The molecule has 1 aromatic heterocycles. The van der Waals surface area contributed by atoms with Crippen LogP contribution in [0.3, 0.4) is 0 Å². The van der Waals surface area contributed by atoms with Gasteiger partial charge in [-0.2, -0.15) is 0 Å². The van der Waals surface area contributed by atoms with Crippen molar-refractivity contribution in [3.8, 4) is 17.6 Å². The van der Waals surface area contributed by atoms with Gasteiger partial charge < -0.3 is 19.7 Å². The van der Waals surface area contributed by atoms with E-state index < -0.39 is 22.5 Å². The number of carbonyl (C=O) groups is 1. The van der Waals surface area contributed by atoms with Gasteiger partial charge in [0.1, 0.15) is 5.75 Å². The Labute approximate surface area is 245 Å². The Kier molecular flexibility index (Phi) is 7.46. The highest BCUT2D eigenvalue weighted by molar-refractivity contribution is 6.01. The van der Waals surface area contributed by atoms with E-state index in [2.05, 4.69) is 43.1 Å². The summed E-state index contributed by atoms with van der Waals surface area (Å²) in [6.07, 6.45) is 0.833. The zero-order valence-corrected chi connectivity index (χ0v) is 24.9. The summed E-state index contributed by atoms with van der Waals surface area (Å²) >= 11 is 0. The van der Waals surface area contributed by atoms with Crippen LogP contribution >= 0.6 is 0 Å². The van der Waals surface area contributed by atoms with Crippen LogP contribution in [0.1, 0.15) is 69.0 Å². The molecule has 0 fully saturated rings. The SMILES string of the molecule is Cc1noc(=O)c2ccc(NC(=O)C(O)(C#Cc3ccc(C(C)(C)C)cc3)CC(C)(C)c3cccc4c3OCC4)cc12. The number of nitrogens with one attached hydrogen (secondary N) is 1. The van der Waals surface area contributed by atoms with Crippen molar-refractivity contribution < 1.29 is 19.2 Å². The van der Waals surface area contributed by atoms with Crippen molar-refractivity contribution >= 4 is 22.4 Å². The zero-order valence-electron chi connectivity index (χ0n) is 24.9. The van der Waals surface area contributed by atoms with Crippen molar-refractivity contribution in [1.29, 1.82) is 0 Å². The molecular formula is C35H36N2O5. The number of anilines is 1. The van der Waals surface area contributed by atoms with Crippen LogP contribution < -0.4 is 15.7 Å². The largest absolute Gasteiger partial charge is 0.493 e. The second kappa shape index (κ2) is 10.8. The first-order chi connectivity index (χ1) is 19.8. The molecule has 5 rings (SSSR count). The van der Waals surface area contributed by atoms with Gasteiger partial charge in [0.15, 0.2) is 0 Å². The predicted molar refractivity (Wildman–Crippen MR) is 164 cm³/mol. The van der Waals surface area contributed by atoms with Crippen molar-refractivity contribution in [2.24, 2.45) is 0 Å². The summed E-state index contributed by atoms with van der Waals surface area (Å²) in [5, 5.41) is 19.6. The normalized spacial score (nSPS) is 14.4. The number of carbonyl (C=O) groups excluding carboxylic acids is 1. The number of ether oxygens (including phenoxy) is 1. The lowest BCUT2D eigenvalue weighted by atomic mass is 9.74. The van der Waals surface area contributed by atoms with Gasteiger partial charge in [0.25, 0.3) is 5.91 Å². The fraction of sp³-hybridized carbons (Fsp3) is 0.343. The van der Waals surface area contributed by atoms with Crippen molar-refractivity contribution in [2.45, 2.75) is 70.8 Å². The first-order valence-corrected chi connectivity index (χ1v) is 14.1. The van der Waals surface area contributed by atoms with E-state index in [1.807, 2.05) is 56.3 Å². The summed E-state index contributed by atoms with van der Waals surface area (Å²) in [5.41, 5.74) is 1.48. The lowest BCUT2D eigenvalue weighted by molar-refractivity contribution is -0.130. The topological polar surface area (TPSA) is 102 Å². The Morgan fingerprint density at radius 1 is 1.02 bits per heavy atom. The molecule has 1 unspecified atom stereocenters. The van der Waals surface area contributed by atoms with E-state index in [9.17, 15) is 14.7 Å². The van der Waals surface area contributed by atoms with Crippen LogP contribution in [0.2, 0.25) is 0 Å². The highest BCUT2D eigenvalue weighted by Crippen LogP contribution is 2.41. The molecule has 2 N–H and O–H groups in total. The average Bonchev–Trinajstić information content (AvgIpc) is 3.43. The minimum absolute atomic E-state index is 0.0104. The number of aliphatic hydroxyl groups is 1. The predicted octanol–water partition coefficient (Wildman–Crippen LogP) is 5.82. The summed E-state index contributed by atoms with van der Waals surface area (Å²) in [4.78, 5) is 26.0. The monoisotopic (exact) mass is 564 g/mol. The maximum atomic E-state index is 13.9. The van der Waals surface area contributed by atoms with E-state index in [-0.39, 0.29) is 11.8 Å². The van der Waals surface area contributed by atoms with Crippen molar-refractivity contribution in [2.75, 3.05) is 11.9 Å². The molecule has 0 saturated heterocycles. The van der Waals surface area contributed by atoms with E-state index >= 15 is 0 Å². The molecular weight excluding hydrogens is 528 g/mol. The van der Waals surface area contributed by atoms with E-state index in [1.54, 1.807) is 25.1 Å². The van der Waals surface area contributed by atoms with Gasteiger partial charge in [0, 0.05) is 35.0 Å². The van der Waals surface area contributed by atoms with Crippen LogP contribution in [0.4, 0.5) is 5.69 Å². The minimum Gasteiger partial charge on any atom is -0.493 e. The van der Waals surface area contributed by atoms with Crippen LogP contribution in [0.15, 0.2) is 70.0 Å². The molecule has 1 aliphatic heterocycles. The molecule has 0 saturated carbocycles. The maximum Gasteiger partial charge on any atom is 0.366 e. The molecule has 7 nitrogen and oxygen atoms in total. The number of nitrogens with zero attached hydrogens (tertiary/aromatic N) is 1. The van der Waals surface area contributed by atoms with E-state index in [4.69, 9.17) is 9.26 Å². The molecule has 0 spiro atoms. The highest BCUT2D eigenvalue weighted by Gasteiger charge is 2.42. The van der Waals surface area contributed by atoms with Crippen molar-refractivity contribution in [3.63, 3.8) is 0 Å². The van der Waals surface area contributed by atoms with Crippen LogP contribution in [-0.4, -0.2) is 28.4 Å². The number of hydrogen-bond donors (Lipinski definition) is 2. The van der Waals surface area contributed by atoms with Crippen LogP contribution in [0.25, 0.3) is 10.8 Å². The third kappa shape index (κ3) is 5.81. The smallest absolute Gasteiger partial charge is 0.366 e. The van der Waals surface area contributed by atoms with Gasteiger partial charge in [-0.3, -0.25) is 4.79 Å². The first kappa shape index (κ1) is 29.1. The fourth-order valence-electron chi connectivity index (χ4n) is 5.44. The molecule has 4 aromatic rings. The Morgan fingerprint density at radius 3 is 2.48 bits per heavy atom. The molecule has 42 heavy (non-hydrogen) atoms. The van der Waals surface area contributed by atoms with Gasteiger partial charge in [-0.1, -0.05) is 81.9 Å². The molecule has 1 amide bonds. The van der Waals surface area contributed by atoms with Gasteiger partial charge >= 0.3 is 5.63 Å². The number of benzene rings is 3. The second-order valence-corrected chi connectivity index (χ2v) is 12.7. The van der Waals surface area contributed by atoms with Crippen LogP contribution in [-0.2, 0) is 22.0 Å². The number of hydrogen-bond acceptors (Lipinski definition) is 6. The van der Waals surface area contributed by atoms with E-state index in [0.29, 0.717) is 34.3 Å². The molecule has 0 bridgehead atoms. The van der Waals surface area contributed by atoms with E-state index in [1.165, 1.54) is 0 Å². The Morgan fingerprint density at radius 2 is 1.76 bits per heavy atom. The third-order valence-corrected chi connectivity index (χ3v) is 7.83. The van der Waals surface area contributed by atoms with Crippen molar-refractivity contribution in [3.05, 3.63) is 99.0 Å². The number of fused-ring (bicyclic) bond motifs is 2. The van der Waals surface area contributed by atoms with E-state index in [0.717, 1.165) is 28.9 Å². The molecule has 7 heteroatoms.